The van der Waals surface area contributed by atoms with Crippen LogP contribution in [0, 0.1) is 13.8 Å². The van der Waals surface area contributed by atoms with Crippen LogP contribution in [0.3, 0.4) is 0 Å². The number of anilines is 1. The van der Waals surface area contributed by atoms with E-state index < -0.39 is 0 Å². The molecule has 5 heteroatoms. The average Bonchev–Trinajstić information content (AvgIpc) is 2.71. The normalized spacial score (nSPS) is 20.5. The number of hydrogen-bond donors (Lipinski definition) is 1. The van der Waals surface area contributed by atoms with E-state index in [4.69, 9.17) is 11.6 Å². The molecule has 0 aromatic carbocycles. The second-order valence-electron chi connectivity index (χ2n) is 4.18. The summed E-state index contributed by atoms with van der Waals surface area (Å²) in [6.45, 7) is 4.85. The molecule has 1 fully saturated rings. The summed E-state index contributed by atoms with van der Waals surface area (Å²) >= 11 is 6.05. The van der Waals surface area contributed by atoms with Crippen LogP contribution in [0.25, 0.3) is 0 Å². The maximum absolute atomic E-state index is 9.31. The topological polar surface area (TPSA) is 49.2 Å². The number of aromatic nitrogens is 2. The number of nitrogens with zero attached hydrogens (tertiary/aromatic N) is 3. The molecule has 0 aliphatic carbocycles. The van der Waals surface area contributed by atoms with Gasteiger partial charge in [-0.2, -0.15) is 0 Å². The summed E-state index contributed by atoms with van der Waals surface area (Å²) in [5.41, 5.74) is 0.896. The molecule has 16 heavy (non-hydrogen) atoms. The maximum Gasteiger partial charge on any atom is 0.137 e. The van der Waals surface area contributed by atoms with Gasteiger partial charge in [0.25, 0.3) is 0 Å². The lowest BCUT2D eigenvalue weighted by molar-refractivity contribution is 0.266. The third kappa shape index (κ3) is 1.99. The SMILES string of the molecule is Cc1nc(Cl)c(C)c(N2CCCC2CO)n1. The zero-order valence-corrected chi connectivity index (χ0v) is 10.3. The van der Waals surface area contributed by atoms with Gasteiger partial charge >= 0.3 is 0 Å². The van der Waals surface area contributed by atoms with Crippen LogP contribution in [0.1, 0.15) is 24.2 Å². The van der Waals surface area contributed by atoms with Gasteiger partial charge in [-0.15, -0.1) is 0 Å². The van der Waals surface area contributed by atoms with Crippen molar-refractivity contribution in [3.63, 3.8) is 0 Å². The summed E-state index contributed by atoms with van der Waals surface area (Å²) in [6.07, 6.45) is 2.10. The first-order valence-corrected chi connectivity index (χ1v) is 5.89. The zero-order valence-electron chi connectivity index (χ0n) is 9.57. The van der Waals surface area contributed by atoms with Crippen LogP contribution in [0.15, 0.2) is 0 Å². The summed E-state index contributed by atoms with van der Waals surface area (Å²) in [5, 5.41) is 9.81. The predicted octanol–water partition coefficient (Wildman–Crippen LogP) is 1.71. The number of aryl methyl sites for hydroxylation is 1. The molecule has 2 rings (SSSR count). The predicted molar refractivity (Wildman–Crippen MR) is 64.0 cm³/mol. The largest absolute Gasteiger partial charge is 0.394 e. The Morgan fingerprint density at radius 3 is 2.88 bits per heavy atom. The summed E-state index contributed by atoms with van der Waals surface area (Å²) < 4.78 is 0. The molecule has 0 bridgehead atoms. The van der Waals surface area contributed by atoms with Crippen molar-refractivity contribution >= 4 is 17.4 Å². The molecule has 1 aromatic heterocycles. The minimum atomic E-state index is 0.167. The van der Waals surface area contributed by atoms with Crippen molar-refractivity contribution < 1.29 is 5.11 Å². The Hall–Kier alpha value is -0.870. The van der Waals surface area contributed by atoms with E-state index in [-0.39, 0.29) is 12.6 Å². The molecule has 1 unspecified atom stereocenters. The van der Waals surface area contributed by atoms with Crippen molar-refractivity contribution in [2.24, 2.45) is 0 Å². The van der Waals surface area contributed by atoms with Crippen LogP contribution in [-0.4, -0.2) is 34.3 Å². The standard InChI is InChI=1S/C11H16ClN3O/c1-7-10(12)13-8(2)14-11(7)15-5-3-4-9(15)6-16/h9,16H,3-6H2,1-2H3. The summed E-state index contributed by atoms with van der Waals surface area (Å²) in [5.74, 6) is 1.54. The second kappa shape index (κ2) is 4.55. The average molecular weight is 242 g/mol. The lowest BCUT2D eigenvalue weighted by atomic mass is 10.2. The van der Waals surface area contributed by atoms with E-state index in [1.807, 2.05) is 13.8 Å². The van der Waals surface area contributed by atoms with Gasteiger partial charge in [0.1, 0.15) is 16.8 Å². The summed E-state index contributed by atoms with van der Waals surface area (Å²) in [4.78, 5) is 10.7. The smallest absolute Gasteiger partial charge is 0.137 e. The van der Waals surface area contributed by atoms with E-state index in [1.54, 1.807) is 0 Å². The highest BCUT2D eigenvalue weighted by atomic mass is 35.5. The Balaban J connectivity index is 2.39. The summed E-state index contributed by atoms with van der Waals surface area (Å²) in [7, 11) is 0. The van der Waals surface area contributed by atoms with Crippen molar-refractivity contribution in [2.45, 2.75) is 32.7 Å². The van der Waals surface area contributed by atoms with Gasteiger partial charge in [-0.3, -0.25) is 0 Å². The first-order valence-electron chi connectivity index (χ1n) is 5.51. The van der Waals surface area contributed by atoms with Crippen LogP contribution in [0.4, 0.5) is 5.82 Å². The Morgan fingerprint density at radius 2 is 2.19 bits per heavy atom. The molecule has 2 heterocycles. The summed E-state index contributed by atoms with van der Waals surface area (Å²) in [6, 6.07) is 0.170. The van der Waals surface area contributed by atoms with Crippen molar-refractivity contribution in [2.75, 3.05) is 18.1 Å². The molecular formula is C11H16ClN3O. The van der Waals surface area contributed by atoms with Gasteiger partial charge in [0, 0.05) is 12.1 Å². The molecule has 0 amide bonds. The van der Waals surface area contributed by atoms with Crippen molar-refractivity contribution in [3.05, 3.63) is 16.5 Å². The number of hydrogen-bond acceptors (Lipinski definition) is 4. The van der Waals surface area contributed by atoms with Crippen LogP contribution in [0.2, 0.25) is 5.15 Å². The van der Waals surface area contributed by atoms with E-state index in [0.717, 1.165) is 30.8 Å². The van der Waals surface area contributed by atoms with Gasteiger partial charge in [-0.25, -0.2) is 9.97 Å². The molecular weight excluding hydrogens is 226 g/mol. The number of aliphatic hydroxyl groups excluding tert-OH is 1. The first-order chi connectivity index (χ1) is 7.63. The molecule has 4 nitrogen and oxygen atoms in total. The second-order valence-corrected chi connectivity index (χ2v) is 4.54. The van der Waals surface area contributed by atoms with E-state index in [2.05, 4.69) is 14.9 Å². The zero-order chi connectivity index (χ0) is 11.7. The van der Waals surface area contributed by atoms with E-state index in [1.165, 1.54) is 0 Å². The Labute approximate surface area is 100 Å². The highest BCUT2D eigenvalue weighted by Crippen LogP contribution is 2.29. The molecule has 0 saturated carbocycles. The third-order valence-corrected chi connectivity index (χ3v) is 3.40. The van der Waals surface area contributed by atoms with E-state index in [9.17, 15) is 5.11 Å². The number of rotatable bonds is 2. The quantitative estimate of drug-likeness (QED) is 0.801. The van der Waals surface area contributed by atoms with Crippen LogP contribution >= 0.6 is 11.6 Å². The minimum Gasteiger partial charge on any atom is -0.394 e. The van der Waals surface area contributed by atoms with Gasteiger partial charge < -0.3 is 10.0 Å². The molecule has 0 spiro atoms. The highest BCUT2D eigenvalue weighted by Gasteiger charge is 2.27. The third-order valence-electron chi connectivity index (χ3n) is 3.03. The van der Waals surface area contributed by atoms with Crippen LogP contribution < -0.4 is 4.90 Å². The first kappa shape index (κ1) is 11.6. The lowest BCUT2D eigenvalue weighted by Crippen LogP contribution is -2.33. The fourth-order valence-corrected chi connectivity index (χ4v) is 2.37. The maximum atomic E-state index is 9.31. The molecule has 1 aliphatic rings. The van der Waals surface area contributed by atoms with Crippen molar-refractivity contribution in [1.82, 2.24) is 9.97 Å². The van der Waals surface area contributed by atoms with Crippen LogP contribution in [0.5, 0.6) is 0 Å². The van der Waals surface area contributed by atoms with Crippen molar-refractivity contribution in [1.29, 1.82) is 0 Å². The van der Waals surface area contributed by atoms with Gasteiger partial charge in [-0.1, -0.05) is 11.6 Å². The number of aliphatic hydroxyl groups is 1. The molecule has 88 valence electrons. The molecule has 0 radical (unpaired) electrons. The van der Waals surface area contributed by atoms with Crippen molar-refractivity contribution in [3.8, 4) is 0 Å². The Morgan fingerprint density at radius 1 is 1.44 bits per heavy atom. The van der Waals surface area contributed by atoms with Gasteiger partial charge in [0.15, 0.2) is 0 Å². The van der Waals surface area contributed by atoms with Gasteiger partial charge in [-0.05, 0) is 26.7 Å². The fourth-order valence-electron chi connectivity index (χ4n) is 2.16. The van der Waals surface area contributed by atoms with E-state index >= 15 is 0 Å². The molecule has 1 atom stereocenters. The minimum absolute atomic E-state index is 0.167. The van der Waals surface area contributed by atoms with Crippen LogP contribution in [-0.2, 0) is 0 Å². The highest BCUT2D eigenvalue weighted by molar-refractivity contribution is 6.30. The molecule has 1 N–H and O–H groups in total. The van der Waals surface area contributed by atoms with Gasteiger partial charge in [0.2, 0.25) is 0 Å². The molecule has 1 aliphatic heterocycles. The monoisotopic (exact) mass is 241 g/mol. The Bertz CT molecular complexity index is 397. The molecule has 1 aromatic rings. The van der Waals surface area contributed by atoms with Gasteiger partial charge in [0.05, 0.1) is 12.6 Å². The number of halogens is 1. The molecule has 1 saturated heterocycles. The van der Waals surface area contributed by atoms with E-state index in [0.29, 0.717) is 11.0 Å². The Kier molecular flexibility index (Phi) is 3.30. The lowest BCUT2D eigenvalue weighted by Gasteiger charge is -2.26. The fraction of sp³-hybridized carbons (Fsp3) is 0.636.